The van der Waals surface area contributed by atoms with E-state index in [-0.39, 0.29) is 0 Å². The van der Waals surface area contributed by atoms with Crippen molar-refractivity contribution in [2.45, 2.75) is 33.6 Å². The molecule has 0 saturated heterocycles. The topological polar surface area (TPSA) is 50.4 Å². The SMILES string of the molecule is CCCN=C(N)Nc1c(C)cccc1CC. The molecule has 1 aromatic carbocycles. The molecule has 1 aromatic rings. The van der Waals surface area contributed by atoms with E-state index >= 15 is 0 Å². The van der Waals surface area contributed by atoms with Gasteiger partial charge in [0.25, 0.3) is 0 Å². The number of guanidine groups is 1. The lowest BCUT2D eigenvalue weighted by Gasteiger charge is -2.13. The average molecular weight is 219 g/mol. The van der Waals surface area contributed by atoms with Crippen molar-refractivity contribution < 1.29 is 0 Å². The number of rotatable bonds is 4. The quantitative estimate of drug-likeness (QED) is 0.604. The minimum atomic E-state index is 0.505. The summed E-state index contributed by atoms with van der Waals surface area (Å²) in [5.74, 6) is 0.505. The van der Waals surface area contributed by atoms with Gasteiger partial charge in [-0.05, 0) is 30.9 Å². The maximum Gasteiger partial charge on any atom is 0.193 e. The van der Waals surface area contributed by atoms with Crippen LogP contribution in [-0.4, -0.2) is 12.5 Å². The maximum absolute atomic E-state index is 5.82. The van der Waals surface area contributed by atoms with Crippen LogP contribution in [0.2, 0.25) is 0 Å². The molecule has 1 rings (SSSR count). The fourth-order valence-electron chi connectivity index (χ4n) is 1.60. The van der Waals surface area contributed by atoms with Crippen molar-refractivity contribution >= 4 is 11.6 Å². The van der Waals surface area contributed by atoms with Crippen LogP contribution in [0.15, 0.2) is 23.2 Å². The molecule has 3 N–H and O–H groups in total. The van der Waals surface area contributed by atoms with Gasteiger partial charge in [0.2, 0.25) is 0 Å². The predicted molar refractivity (Wildman–Crippen MR) is 71.0 cm³/mol. The Morgan fingerprint density at radius 3 is 2.75 bits per heavy atom. The first-order valence-corrected chi connectivity index (χ1v) is 5.84. The summed E-state index contributed by atoms with van der Waals surface area (Å²) in [5, 5.41) is 3.19. The van der Waals surface area contributed by atoms with Crippen LogP contribution in [0.3, 0.4) is 0 Å². The predicted octanol–water partition coefficient (Wildman–Crippen LogP) is 2.69. The summed E-state index contributed by atoms with van der Waals surface area (Å²) in [6.45, 7) is 7.07. The summed E-state index contributed by atoms with van der Waals surface area (Å²) in [4.78, 5) is 4.24. The van der Waals surface area contributed by atoms with Gasteiger partial charge in [0, 0.05) is 12.2 Å². The van der Waals surface area contributed by atoms with Gasteiger partial charge < -0.3 is 11.1 Å². The van der Waals surface area contributed by atoms with Gasteiger partial charge in [-0.25, -0.2) is 0 Å². The lowest BCUT2D eigenvalue weighted by atomic mass is 10.1. The van der Waals surface area contributed by atoms with E-state index in [0.717, 1.165) is 25.1 Å². The van der Waals surface area contributed by atoms with Gasteiger partial charge in [-0.1, -0.05) is 32.0 Å². The number of hydrogen-bond acceptors (Lipinski definition) is 1. The zero-order valence-corrected chi connectivity index (χ0v) is 10.4. The molecule has 0 unspecified atom stereocenters. The Bertz CT molecular complexity index is 369. The number of nitrogens with one attached hydrogen (secondary N) is 1. The van der Waals surface area contributed by atoms with Crippen molar-refractivity contribution in [1.82, 2.24) is 0 Å². The minimum absolute atomic E-state index is 0.505. The highest BCUT2D eigenvalue weighted by atomic mass is 15.1. The molecule has 0 heterocycles. The lowest BCUT2D eigenvalue weighted by Crippen LogP contribution is -2.24. The van der Waals surface area contributed by atoms with Crippen molar-refractivity contribution in [3.05, 3.63) is 29.3 Å². The summed E-state index contributed by atoms with van der Waals surface area (Å²) in [5.41, 5.74) is 9.40. The first-order valence-electron chi connectivity index (χ1n) is 5.84. The molecule has 0 saturated carbocycles. The third kappa shape index (κ3) is 3.26. The molecular weight excluding hydrogens is 198 g/mol. The second kappa shape index (κ2) is 6.16. The summed E-state index contributed by atoms with van der Waals surface area (Å²) in [6, 6.07) is 6.26. The van der Waals surface area contributed by atoms with E-state index in [9.17, 15) is 0 Å². The van der Waals surface area contributed by atoms with Gasteiger partial charge in [-0.2, -0.15) is 0 Å². The molecule has 16 heavy (non-hydrogen) atoms. The molecule has 0 bridgehead atoms. The second-order valence-corrected chi connectivity index (χ2v) is 3.85. The van der Waals surface area contributed by atoms with Crippen LogP contribution in [0.5, 0.6) is 0 Å². The second-order valence-electron chi connectivity index (χ2n) is 3.85. The van der Waals surface area contributed by atoms with E-state index in [1.54, 1.807) is 0 Å². The Balaban J connectivity index is 2.87. The van der Waals surface area contributed by atoms with Gasteiger partial charge >= 0.3 is 0 Å². The van der Waals surface area contributed by atoms with Crippen molar-refractivity contribution in [2.24, 2.45) is 10.7 Å². The van der Waals surface area contributed by atoms with Crippen molar-refractivity contribution in [3.63, 3.8) is 0 Å². The molecule has 0 spiro atoms. The van der Waals surface area contributed by atoms with Crippen LogP contribution in [0.4, 0.5) is 5.69 Å². The van der Waals surface area contributed by atoms with Gasteiger partial charge in [-0.15, -0.1) is 0 Å². The van der Waals surface area contributed by atoms with Crippen LogP contribution in [0.25, 0.3) is 0 Å². The first-order chi connectivity index (χ1) is 7.69. The van der Waals surface area contributed by atoms with E-state index in [4.69, 9.17) is 5.73 Å². The molecule has 0 aliphatic carbocycles. The number of aryl methyl sites for hydroxylation is 2. The van der Waals surface area contributed by atoms with E-state index in [1.807, 2.05) is 0 Å². The van der Waals surface area contributed by atoms with E-state index < -0.39 is 0 Å². The van der Waals surface area contributed by atoms with Crippen molar-refractivity contribution in [2.75, 3.05) is 11.9 Å². The third-order valence-electron chi connectivity index (χ3n) is 2.50. The molecule has 0 fully saturated rings. The monoisotopic (exact) mass is 219 g/mol. The normalized spacial score (nSPS) is 11.6. The highest BCUT2D eigenvalue weighted by Crippen LogP contribution is 2.20. The zero-order chi connectivity index (χ0) is 12.0. The summed E-state index contributed by atoms with van der Waals surface area (Å²) in [6.07, 6.45) is 2.00. The maximum atomic E-state index is 5.82. The van der Waals surface area contributed by atoms with E-state index in [0.29, 0.717) is 5.96 Å². The van der Waals surface area contributed by atoms with Crippen LogP contribution >= 0.6 is 0 Å². The Hall–Kier alpha value is -1.51. The molecule has 0 aliphatic rings. The molecule has 3 nitrogen and oxygen atoms in total. The molecule has 0 aromatic heterocycles. The summed E-state index contributed by atoms with van der Waals surface area (Å²) in [7, 11) is 0. The number of hydrogen-bond donors (Lipinski definition) is 2. The Morgan fingerprint density at radius 2 is 2.12 bits per heavy atom. The Kier molecular flexibility index (Phi) is 4.83. The number of anilines is 1. The largest absolute Gasteiger partial charge is 0.370 e. The van der Waals surface area contributed by atoms with Gasteiger partial charge in [-0.3, -0.25) is 4.99 Å². The van der Waals surface area contributed by atoms with Crippen LogP contribution in [-0.2, 0) is 6.42 Å². The fourth-order valence-corrected chi connectivity index (χ4v) is 1.60. The fraction of sp³-hybridized carbons (Fsp3) is 0.462. The number of nitrogens with two attached hydrogens (primary N) is 1. The molecule has 0 amide bonds. The molecule has 3 heteroatoms. The number of para-hydroxylation sites is 1. The smallest absolute Gasteiger partial charge is 0.193 e. The summed E-state index contributed by atoms with van der Waals surface area (Å²) < 4.78 is 0. The standard InChI is InChI=1S/C13H21N3/c1-4-9-15-13(14)16-12-10(3)7-6-8-11(12)5-2/h6-8H,4-5,9H2,1-3H3,(H3,14,15,16). The first kappa shape index (κ1) is 12.6. The van der Waals surface area contributed by atoms with Crippen molar-refractivity contribution in [3.8, 4) is 0 Å². The lowest BCUT2D eigenvalue weighted by molar-refractivity contribution is 0.929. The number of nitrogens with zero attached hydrogens (tertiary/aromatic N) is 1. The molecule has 0 aliphatic heterocycles. The summed E-state index contributed by atoms with van der Waals surface area (Å²) >= 11 is 0. The van der Waals surface area contributed by atoms with Crippen molar-refractivity contribution in [1.29, 1.82) is 0 Å². The highest BCUT2D eigenvalue weighted by molar-refractivity contribution is 5.93. The molecule has 0 atom stereocenters. The zero-order valence-electron chi connectivity index (χ0n) is 10.4. The third-order valence-corrected chi connectivity index (χ3v) is 2.50. The van der Waals surface area contributed by atoms with Gasteiger partial charge in [0.05, 0.1) is 0 Å². The minimum Gasteiger partial charge on any atom is -0.370 e. The Morgan fingerprint density at radius 1 is 1.38 bits per heavy atom. The van der Waals surface area contributed by atoms with Crippen LogP contribution < -0.4 is 11.1 Å². The molecule has 0 radical (unpaired) electrons. The Labute approximate surface area is 97.8 Å². The van der Waals surface area contributed by atoms with Gasteiger partial charge in [0.15, 0.2) is 5.96 Å². The molecule has 88 valence electrons. The average Bonchev–Trinajstić information content (AvgIpc) is 2.29. The van der Waals surface area contributed by atoms with Gasteiger partial charge in [0.1, 0.15) is 0 Å². The van der Waals surface area contributed by atoms with E-state index in [1.165, 1.54) is 11.1 Å². The number of benzene rings is 1. The molecular formula is C13H21N3. The highest BCUT2D eigenvalue weighted by Gasteiger charge is 2.04. The van der Waals surface area contributed by atoms with Crippen LogP contribution in [0, 0.1) is 6.92 Å². The van der Waals surface area contributed by atoms with E-state index in [2.05, 4.69) is 49.3 Å². The van der Waals surface area contributed by atoms with Crippen LogP contribution in [0.1, 0.15) is 31.4 Å². The number of aliphatic imine (C=N–C) groups is 1.